The van der Waals surface area contributed by atoms with Crippen LogP contribution in [0.2, 0.25) is 0 Å². The molecule has 0 radical (unpaired) electrons. The molecule has 1 N–H and O–H groups in total. The molecule has 4 nitrogen and oxygen atoms in total. The van der Waals surface area contributed by atoms with Crippen molar-refractivity contribution in [2.75, 3.05) is 0 Å². The number of rotatable bonds is 3. The quantitative estimate of drug-likeness (QED) is 0.907. The Labute approximate surface area is 145 Å². The Morgan fingerprint density at radius 2 is 1.96 bits per heavy atom. The standard InChI is InChI=1S/C17H13F3N2O2S/c1-8-15(23)6-14-16(25-8)3-2-13(22-14)17(24)21-7-10-11(19)4-9(18)5-12(10)20/h2-5,8H,6-7H2,1H3,(H,21,24). The summed E-state index contributed by atoms with van der Waals surface area (Å²) >= 11 is 1.38. The summed E-state index contributed by atoms with van der Waals surface area (Å²) in [6.07, 6.45) is 0.145. The minimum Gasteiger partial charge on any atom is -0.346 e. The van der Waals surface area contributed by atoms with Crippen molar-refractivity contribution in [1.29, 1.82) is 0 Å². The zero-order chi connectivity index (χ0) is 18.1. The number of pyridine rings is 1. The molecular formula is C17H13F3N2O2S. The zero-order valence-electron chi connectivity index (χ0n) is 13.1. The molecule has 0 fully saturated rings. The van der Waals surface area contributed by atoms with Gasteiger partial charge in [-0.1, -0.05) is 0 Å². The van der Waals surface area contributed by atoms with E-state index in [0.29, 0.717) is 17.8 Å². The van der Waals surface area contributed by atoms with Crippen molar-refractivity contribution in [2.24, 2.45) is 0 Å². The van der Waals surface area contributed by atoms with E-state index in [4.69, 9.17) is 0 Å². The molecule has 8 heteroatoms. The summed E-state index contributed by atoms with van der Waals surface area (Å²) in [7, 11) is 0. The minimum atomic E-state index is -1.08. The predicted octanol–water partition coefficient (Wildman–Crippen LogP) is 3.03. The van der Waals surface area contributed by atoms with Crippen molar-refractivity contribution in [3.63, 3.8) is 0 Å². The second-order valence-corrected chi connectivity index (χ2v) is 6.96. The fourth-order valence-corrected chi connectivity index (χ4v) is 3.41. The van der Waals surface area contributed by atoms with Gasteiger partial charge in [0.2, 0.25) is 0 Å². The van der Waals surface area contributed by atoms with Crippen LogP contribution in [0.3, 0.4) is 0 Å². The number of nitrogens with zero attached hydrogens (tertiary/aromatic N) is 1. The van der Waals surface area contributed by atoms with Crippen LogP contribution in [0.4, 0.5) is 13.2 Å². The van der Waals surface area contributed by atoms with E-state index in [1.54, 1.807) is 6.07 Å². The van der Waals surface area contributed by atoms with E-state index in [-0.39, 0.29) is 23.1 Å². The van der Waals surface area contributed by atoms with E-state index >= 15 is 0 Å². The lowest BCUT2D eigenvalue weighted by Crippen LogP contribution is -2.27. The summed E-state index contributed by atoms with van der Waals surface area (Å²) < 4.78 is 40.0. The molecule has 1 amide bonds. The first kappa shape index (κ1) is 17.5. The van der Waals surface area contributed by atoms with Crippen LogP contribution in [0, 0.1) is 17.5 Å². The monoisotopic (exact) mass is 366 g/mol. The summed E-state index contributed by atoms with van der Waals surface area (Å²) in [5.74, 6) is -3.79. The fraction of sp³-hybridized carbons (Fsp3) is 0.235. The van der Waals surface area contributed by atoms with Gasteiger partial charge < -0.3 is 5.32 Å². The molecule has 1 aliphatic heterocycles. The third-order valence-electron chi connectivity index (χ3n) is 3.80. The van der Waals surface area contributed by atoms with Gasteiger partial charge in [0, 0.05) is 29.1 Å². The van der Waals surface area contributed by atoms with Crippen LogP contribution in [0.5, 0.6) is 0 Å². The molecule has 1 aromatic carbocycles. The Hall–Kier alpha value is -2.35. The highest BCUT2D eigenvalue weighted by Gasteiger charge is 2.25. The summed E-state index contributed by atoms with van der Waals surface area (Å²) in [5, 5.41) is 2.19. The van der Waals surface area contributed by atoms with E-state index in [9.17, 15) is 22.8 Å². The largest absolute Gasteiger partial charge is 0.346 e. The van der Waals surface area contributed by atoms with Gasteiger partial charge in [-0.2, -0.15) is 0 Å². The van der Waals surface area contributed by atoms with Gasteiger partial charge in [0.15, 0.2) is 5.78 Å². The highest BCUT2D eigenvalue weighted by atomic mass is 32.2. The SMILES string of the molecule is CC1Sc2ccc(C(=O)NCc3c(F)cc(F)cc3F)nc2CC1=O. The van der Waals surface area contributed by atoms with E-state index in [1.165, 1.54) is 17.8 Å². The Morgan fingerprint density at radius 1 is 1.28 bits per heavy atom. The van der Waals surface area contributed by atoms with Gasteiger partial charge in [-0.15, -0.1) is 11.8 Å². The number of halogens is 3. The van der Waals surface area contributed by atoms with Gasteiger partial charge in [0.05, 0.1) is 17.4 Å². The summed E-state index contributed by atoms with van der Waals surface area (Å²) in [4.78, 5) is 28.9. The van der Waals surface area contributed by atoms with E-state index < -0.39 is 35.5 Å². The van der Waals surface area contributed by atoms with Crippen LogP contribution in [0.1, 0.15) is 28.7 Å². The van der Waals surface area contributed by atoms with Gasteiger partial charge >= 0.3 is 0 Å². The van der Waals surface area contributed by atoms with Crippen LogP contribution < -0.4 is 5.32 Å². The number of amides is 1. The number of hydrogen-bond acceptors (Lipinski definition) is 4. The first-order chi connectivity index (χ1) is 11.8. The number of aromatic nitrogens is 1. The number of carbonyl (C=O) groups excluding carboxylic acids is 2. The molecule has 130 valence electrons. The number of ketones is 1. The average molecular weight is 366 g/mol. The van der Waals surface area contributed by atoms with Gasteiger partial charge in [0.1, 0.15) is 23.1 Å². The number of thioether (sulfide) groups is 1. The highest BCUT2D eigenvalue weighted by molar-refractivity contribution is 8.00. The van der Waals surface area contributed by atoms with E-state index in [1.807, 2.05) is 6.92 Å². The van der Waals surface area contributed by atoms with Crippen molar-refractivity contribution in [2.45, 2.75) is 30.0 Å². The summed E-state index contributed by atoms with van der Waals surface area (Å²) in [5.41, 5.74) is 0.122. The molecule has 2 aromatic rings. The van der Waals surface area contributed by atoms with Crippen LogP contribution in [-0.2, 0) is 17.8 Å². The predicted molar refractivity (Wildman–Crippen MR) is 85.8 cm³/mol. The average Bonchev–Trinajstić information content (AvgIpc) is 2.54. The number of hydrogen-bond donors (Lipinski definition) is 1. The molecule has 0 aliphatic carbocycles. The summed E-state index contributed by atoms with van der Waals surface area (Å²) in [6.45, 7) is 1.36. The second kappa shape index (κ2) is 6.87. The molecule has 1 unspecified atom stereocenters. The van der Waals surface area contributed by atoms with Crippen molar-refractivity contribution in [3.8, 4) is 0 Å². The lowest BCUT2D eigenvalue weighted by molar-refractivity contribution is -0.117. The fourth-order valence-electron chi connectivity index (χ4n) is 2.41. The van der Waals surface area contributed by atoms with Crippen LogP contribution in [-0.4, -0.2) is 21.9 Å². The summed E-state index contributed by atoms with van der Waals surface area (Å²) in [6, 6.07) is 4.28. The number of Topliss-reactive ketones (excluding diaryl/α,β-unsaturated/α-hetero) is 1. The Balaban J connectivity index is 1.75. The van der Waals surface area contributed by atoms with Gasteiger partial charge in [-0.05, 0) is 19.1 Å². The first-order valence-corrected chi connectivity index (χ1v) is 8.34. The molecule has 0 spiro atoms. The Bertz CT molecular complexity index is 850. The molecule has 0 bridgehead atoms. The molecule has 1 atom stereocenters. The number of nitrogens with one attached hydrogen (secondary N) is 1. The molecule has 25 heavy (non-hydrogen) atoms. The molecule has 0 saturated carbocycles. The first-order valence-electron chi connectivity index (χ1n) is 7.46. The van der Waals surface area contributed by atoms with E-state index in [2.05, 4.69) is 10.3 Å². The van der Waals surface area contributed by atoms with Crippen molar-refractivity contribution in [3.05, 3.63) is 58.7 Å². The lowest BCUT2D eigenvalue weighted by atomic mass is 10.1. The van der Waals surface area contributed by atoms with Gasteiger partial charge in [-0.25, -0.2) is 18.2 Å². The molecular weight excluding hydrogens is 353 g/mol. The molecule has 1 aliphatic rings. The normalized spacial score (nSPS) is 16.5. The second-order valence-electron chi connectivity index (χ2n) is 5.58. The smallest absolute Gasteiger partial charge is 0.270 e. The van der Waals surface area contributed by atoms with Gasteiger partial charge in [-0.3, -0.25) is 9.59 Å². The number of fused-ring (bicyclic) bond motifs is 1. The van der Waals surface area contributed by atoms with Crippen LogP contribution in [0.15, 0.2) is 29.2 Å². The number of carbonyl (C=O) groups is 2. The maximum atomic E-state index is 13.6. The molecule has 2 heterocycles. The third kappa shape index (κ3) is 3.68. The highest BCUT2D eigenvalue weighted by Crippen LogP contribution is 2.32. The Kier molecular flexibility index (Phi) is 4.80. The molecule has 3 rings (SSSR count). The van der Waals surface area contributed by atoms with Crippen LogP contribution in [0.25, 0.3) is 0 Å². The van der Waals surface area contributed by atoms with Crippen molar-refractivity contribution in [1.82, 2.24) is 10.3 Å². The topological polar surface area (TPSA) is 59.1 Å². The van der Waals surface area contributed by atoms with E-state index in [0.717, 1.165) is 4.90 Å². The van der Waals surface area contributed by atoms with Crippen molar-refractivity contribution >= 4 is 23.5 Å². The maximum Gasteiger partial charge on any atom is 0.270 e. The van der Waals surface area contributed by atoms with Crippen LogP contribution >= 0.6 is 11.8 Å². The lowest BCUT2D eigenvalue weighted by Gasteiger charge is -2.19. The van der Waals surface area contributed by atoms with Gasteiger partial charge in [0.25, 0.3) is 5.91 Å². The number of benzene rings is 1. The maximum absolute atomic E-state index is 13.6. The Morgan fingerprint density at radius 3 is 2.64 bits per heavy atom. The van der Waals surface area contributed by atoms with Crippen molar-refractivity contribution < 1.29 is 22.8 Å². The third-order valence-corrected chi connectivity index (χ3v) is 5.04. The molecule has 1 aromatic heterocycles. The molecule has 0 saturated heterocycles. The minimum absolute atomic E-state index is 0.0259. The zero-order valence-corrected chi connectivity index (χ0v) is 13.9.